The van der Waals surface area contributed by atoms with E-state index in [0.717, 1.165) is 22.4 Å². The van der Waals surface area contributed by atoms with Crippen molar-refractivity contribution in [2.75, 3.05) is 11.9 Å². The smallest absolute Gasteiger partial charge is 0.255 e. The molecule has 2 aromatic rings. The predicted octanol–water partition coefficient (Wildman–Crippen LogP) is 4.82. The van der Waals surface area contributed by atoms with Crippen LogP contribution in [-0.2, 0) is 0 Å². The molecule has 1 N–H and O–H groups in total. The van der Waals surface area contributed by atoms with Crippen molar-refractivity contribution in [2.45, 2.75) is 27.7 Å². The minimum Gasteiger partial charge on any atom is -0.489 e. The van der Waals surface area contributed by atoms with Crippen molar-refractivity contribution < 1.29 is 9.53 Å². The number of carbonyl (C=O) groups excluding carboxylic acids is 1. The molecular formula is C20H23NO2. The first kappa shape index (κ1) is 16.8. The van der Waals surface area contributed by atoms with Gasteiger partial charge in [-0.25, -0.2) is 0 Å². The number of benzene rings is 2. The third-order valence-corrected chi connectivity index (χ3v) is 3.50. The molecule has 0 saturated carbocycles. The van der Waals surface area contributed by atoms with Gasteiger partial charge in [-0.2, -0.15) is 0 Å². The zero-order chi connectivity index (χ0) is 17.0. The van der Waals surface area contributed by atoms with Gasteiger partial charge < -0.3 is 10.1 Å². The molecule has 23 heavy (non-hydrogen) atoms. The molecule has 0 heterocycles. The summed E-state index contributed by atoms with van der Waals surface area (Å²) in [5.74, 6) is 0.527. The standard InChI is InChI=1S/C20H23NO2/c1-13(2)12-23-18-8-6-7-17(11-18)20(22)21-19-15(4)9-14(3)10-16(19)5/h6-11H,1,12H2,2-5H3,(H,21,22). The fourth-order valence-electron chi connectivity index (χ4n) is 2.50. The Kier molecular flexibility index (Phi) is 5.22. The van der Waals surface area contributed by atoms with E-state index < -0.39 is 0 Å². The summed E-state index contributed by atoms with van der Waals surface area (Å²) in [7, 11) is 0. The molecule has 0 aromatic heterocycles. The molecule has 120 valence electrons. The van der Waals surface area contributed by atoms with Crippen molar-refractivity contribution in [1.29, 1.82) is 0 Å². The largest absolute Gasteiger partial charge is 0.489 e. The molecule has 2 aromatic carbocycles. The number of amides is 1. The van der Waals surface area contributed by atoms with E-state index in [4.69, 9.17) is 4.74 Å². The van der Waals surface area contributed by atoms with Gasteiger partial charge in [0.2, 0.25) is 0 Å². The predicted molar refractivity (Wildman–Crippen MR) is 95.4 cm³/mol. The van der Waals surface area contributed by atoms with Gasteiger partial charge >= 0.3 is 0 Å². The van der Waals surface area contributed by atoms with Gasteiger partial charge in [0.15, 0.2) is 0 Å². The number of nitrogens with one attached hydrogen (secondary N) is 1. The van der Waals surface area contributed by atoms with Gasteiger partial charge in [0.25, 0.3) is 5.91 Å². The van der Waals surface area contributed by atoms with Crippen LogP contribution in [-0.4, -0.2) is 12.5 Å². The summed E-state index contributed by atoms with van der Waals surface area (Å²) in [5, 5.41) is 3.00. The van der Waals surface area contributed by atoms with E-state index in [9.17, 15) is 4.79 Å². The number of hydrogen-bond donors (Lipinski definition) is 1. The lowest BCUT2D eigenvalue weighted by atomic mass is 10.0. The van der Waals surface area contributed by atoms with Crippen LogP contribution in [0.4, 0.5) is 5.69 Å². The van der Waals surface area contributed by atoms with Crippen LogP contribution in [0.2, 0.25) is 0 Å². The Bertz CT molecular complexity index is 724. The highest BCUT2D eigenvalue weighted by atomic mass is 16.5. The third kappa shape index (κ3) is 4.46. The zero-order valence-electron chi connectivity index (χ0n) is 14.2. The van der Waals surface area contributed by atoms with Crippen LogP contribution in [0.3, 0.4) is 0 Å². The summed E-state index contributed by atoms with van der Waals surface area (Å²) in [6, 6.07) is 11.3. The number of aryl methyl sites for hydroxylation is 3. The summed E-state index contributed by atoms with van der Waals surface area (Å²) in [6.45, 7) is 12.2. The van der Waals surface area contributed by atoms with Gasteiger partial charge in [-0.3, -0.25) is 4.79 Å². The van der Waals surface area contributed by atoms with Gasteiger partial charge in [0.1, 0.15) is 12.4 Å². The summed E-state index contributed by atoms with van der Waals surface area (Å²) in [4.78, 5) is 12.5. The Morgan fingerprint density at radius 1 is 1.13 bits per heavy atom. The molecule has 0 unspecified atom stereocenters. The van der Waals surface area contributed by atoms with Crippen molar-refractivity contribution in [3.63, 3.8) is 0 Å². The Balaban J connectivity index is 2.18. The van der Waals surface area contributed by atoms with E-state index in [2.05, 4.69) is 24.0 Å². The first-order valence-electron chi connectivity index (χ1n) is 7.63. The van der Waals surface area contributed by atoms with Crippen molar-refractivity contribution in [3.8, 4) is 5.75 Å². The maximum absolute atomic E-state index is 12.5. The van der Waals surface area contributed by atoms with Gasteiger partial charge in [-0.1, -0.05) is 30.3 Å². The molecule has 3 nitrogen and oxygen atoms in total. The first-order chi connectivity index (χ1) is 10.9. The molecule has 1 amide bonds. The number of carbonyl (C=O) groups is 1. The molecule has 0 radical (unpaired) electrons. The Morgan fingerprint density at radius 3 is 2.39 bits per heavy atom. The second-order valence-corrected chi connectivity index (χ2v) is 6.00. The number of ether oxygens (including phenoxy) is 1. The van der Waals surface area contributed by atoms with Crippen LogP contribution in [0.15, 0.2) is 48.6 Å². The molecule has 2 rings (SSSR count). The van der Waals surface area contributed by atoms with Crippen LogP contribution >= 0.6 is 0 Å². The van der Waals surface area contributed by atoms with Crippen LogP contribution in [0.25, 0.3) is 0 Å². The third-order valence-electron chi connectivity index (χ3n) is 3.50. The van der Waals surface area contributed by atoms with Gasteiger partial charge in [-0.15, -0.1) is 0 Å². The van der Waals surface area contributed by atoms with Gasteiger partial charge in [-0.05, 0) is 62.6 Å². The lowest BCUT2D eigenvalue weighted by molar-refractivity contribution is 0.102. The van der Waals surface area contributed by atoms with E-state index in [1.54, 1.807) is 12.1 Å². The van der Waals surface area contributed by atoms with Crippen molar-refractivity contribution in [2.24, 2.45) is 0 Å². The zero-order valence-corrected chi connectivity index (χ0v) is 14.2. The maximum Gasteiger partial charge on any atom is 0.255 e. The van der Waals surface area contributed by atoms with Crippen molar-refractivity contribution in [1.82, 2.24) is 0 Å². The molecule has 0 bridgehead atoms. The van der Waals surface area contributed by atoms with E-state index in [1.807, 2.05) is 39.8 Å². The highest BCUT2D eigenvalue weighted by Gasteiger charge is 2.11. The Labute approximate surface area is 138 Å². The van der Waals surface area contributed by atoms with Gasteiger partial charge in [0, 0.05) is 11.3 Å². The molecular weight excluding hydrogens is 286 g/mol. The molecule has 0 fully saturated rings. The second kappa shape index (κ2) is 7.14. The highest BCUT2D eigenvalue weighted by molar-refractivity contribution is 6.05. The topological polar surface area (TPSA) is 38.3 Å². The van der Waals surface area contributed by atoms with Crippen molar-refractivity contribution >= 4 is 11.6 Å². The summed E-state index contributed by atoms with van der Waals surface area (Å²) < 4.78 is 5.59. The fourth-order valence-corrected chi connectivity index (χ4v) is 2.50. The summed E-state index contributed by atoms with van der Waals surface area (Å²) in [6.07, 6.45) is 0. The minimum absolute atomic E-state index is 0.138. The van der Waals surface area contributed by atoms with E-state index in [0.29, 0.717) is 17.9 Å². The average molecular weight is 309 g/mol. The van der Waals surface area contributed by atoms with Crippen molar-refractivity contribution in [3.05, 3.63) is 70.8 Å². The summed E-state index contributed by atoms with van der Waals surface area (Å²) >= 11 is 0. The number of hydrogen-bond acceptors (Lipinski definition) is 2. The average Bonchev–Trinajstić information content (AvgIpc) is 2.49. The van der Waals surface area contributed by atoms with Crippen LogP contribution in [0.1, 0.15) is 34.0 Å². The van der Waals surface area contributed by atoms with Crippen LogP contribution in [0.5, 0.6) is 5.75 Å². The Morgan fingerprint density at radius 2 is 1.78 bits per heavy atom. The Hall–Kier alpha value is -2.55. The van der Waals surface area contributed by atoms with Crippen LogP contribution < -0.4 is 10.1 Å². The first-order valence-corrected chi connectivity index (χ1v) is 7.63. The normalized spacial score (nSPS) is 10.3. The molecule has 0 spiro atoms. The molecule has 3 heteroatoms. The SMILES string of the molecule is C=C(C)COc1cccc(C(=O)Nc2c(C)cc(C)cc2C)c1. The molecule has 0 aliphatic rings. The molecule has 0 atom stereocenters. The number of anilines is 1. The number of rotatable bonds is 5. The van der Waals surface area contributed by atoms with Crippen LogP contribution in [0, 0.1) is 20.8 Å². The van der Waals surface area contributed by atoms with Gasteiger partial charge in [0.05, 0.1) is 0 Å². The summed E-state index contributed by atoms with van der Waals surface area (Å²) in [5.41, 5.74) is 5.69. The lowest BCUT2D eigenvalue weighted by Crippen LogP contribution is -2.14. The van der Waals surface area contributed by atoms with E-state index in [-0.39, 0.29) is 5.91 Å². The van der Waals surface area contributed by atoms with E-state index in [1.165, 1.54) is 5.56 Å². The monoisotopic (exact) mass is 309 g/mol. The maximum atomic E-state index is 12.5. The fraction of sp³-hybridized carbons (Fsp3) is 0.250. The molecule has 0 saturated heterocycles. The molecule has 0 aliphatic carbocycles. The quantitative estimate of drug-likeness (QED) is 0.804. The highest BCUT2D eigenvalue weighted by Crippen LogP contribution is 2.23. The lowest BCUT2D eigenvalue weighted by Gasteiger charge is -2.13. The minimum atomic E-state index is -0.138. The molecule has 0 aliphatic heterocycles. The van der Waals surface area contributed by atoms with E-state index >= 15 is 0 Å². The second-order valence-electron chi connectivity index (χ2n) is 6.00.